The largest absolute Gasteiger partial charge is 0.330 e. The second-order valence-corrected chi connectivity index (χ2v) is 5.88. The summed E-state index contributed by atoms with van der Waals surface area (Å²) in [6.07, 6.45) is 5.59. The van der Waals surface area contributed by atoms with Gasteiger partial charge in [0.25, 0.3) is 0 Å². The summed E-state index contributed by atoms with van der Waals surface area (Å²) < 4.78 is 0. The molecule has 0 heterocycles. The van der Waals surface area contributed by atoms with Crippen molar-refractivity contribution in [3.63, 3.8) is 0 Å². The summed E-state index contributed by atoms with van der Waals surface area (Å²) in [4.78, 5) is 0. The van der Waals surface area contributed by atoms with E-state index in [4.69, 9.17) is 5.73 Å². The van der Waals surface area contributed by atoms with E-state index in [1.165, 1.54) is 25.7 Å². The van der Waals surface area contributed by atoms with Crippen LogP contribution in [0.1, 0.15) is 46.5 Å². The van der Waals surface area contributed by atoms with Crippen molar-refractivity contribution in [2.24, 2.45) is 28.4 Å². The molecule has 0 saturated heterocycles. The lowest BCUT2D eigenvalue weighted by atomic mass is 9.66. The Hall–Kier alpha value is -0.0400. The Bertz CT molecular complexity index is 209. The lowest BCUT2D eigenvalue weighted by Crippen LogP contribution is -2.33. The van der Waals surface area contributed by atoms with Crippen LogP contribution in [0.2, 0.25) is 0 Å². The first-order valence-electron chi connectivity index (χ1n) is 5.72. The lowest BCUT2D eigenvalue weighted by Gasteiger charge is -2.39. The molecule has 76 valence electrons. The summed E-state index contributed by atoms with van der Waals surface area (Å²) in [5.74, 6) is 1.89. The molecule has 2 rings (SSSR count). The molecule has 0 unspecified atom stereocenters. The van der Waals surface area contributed by atoms with E-state index in [1.807, 2.05) is 0 Å². The topological polar surface area (TPSA) is 26.0 Å². The molecular formula is C12H23N. The van der Waals surface area contributed by atoms with E-state index in [-0.39, 0.29) is 0 Å². The van der Waals surface area contributed by atoms with Gasteiger partial charge in [-0.1, -0.05) is 20.8 Å². The van der Waals surface area contributed by atoms with E-state index in [2.05, 4.69) is 20.8 Å². The molecule has 2 fully saturated rings. The Balaban J connectivity index is 2.22. The number of hydrogen-bond donors (Lipinski definition) is 1. The molecular weight excluding hydrogens is 158 g/mol. The van der Waals surface area contributed by atoms with Gasteiger partial charge < -0.3 is 5.73 Å². The Kier molecular flexibility index (Phi) is 1.99. The van der Waals surface area contributed by atoms with Crippen LogP contribution in [-0.4, -0.2) is 6.54 Å². The molecule has 0 aromatic carbocycles. The molecule has 0 radical (unpaired) electrons. The van der Waals surface area contributed by atoms with E-state index in [0.29, 0.717) is 10.8 Å². The normalized spacial score (nSPS) is 47.1. The molecule has 3 atom stereocenters. The molecule has 13 heavy (non-hydrogen) atoms. The van der Waals surface area contributed by atoms with Crippen LogP contribution >= 0.6 is 0 Å². The van der Waals surface area contributed by atoms with Crippen LogP contribution in [0.4, 0.5) is 0 Å². The standard InChI is InChI=1S/C12H23N/c1-11(2)9-4-6-12(11,3)10(8-9)5-7-13/h9-10H,4-8,13H2,1-3H3/t9-,10-,12-/m1/s1. The lowest BCUT2D eigenvalue weighted by molar-refractivity contribution is 0.0991. The predicted octanol–water partition coefficient (Wildman–Crippen LogP) is 2.80. The van der Waals surface area contributed by atoms with Crippen molar-refractivity contribution in [2.75, 3.05) is 6.54 Å². The maximum Gasteiger partial charge on any atom is -0.00744 e. The molecule has 0 aromatic heterocycles. The second-order valence-electron chi connectivity index (χ2n) is 5.88. The van der Waals surface area contributed by atoms with Crippen LogP contribution in [0, 0.1) is 22.7 Å². The highest BCUT2D eigenvalue weighted by molar-refractivity contribution is 5.09. The SMILES string of the molecule is CC1(C)[C@@H]2CC[C@]1(C)[C@H](CCN)C2. The van der Waals surface area contributed by atoms with Crippen molar-refractivity contribution in [3.8, 4) is 0 Å². The van der Waals surface area contributed by atoms with E-state index in [9.17, 15) is 0 Å². The van der Waals surface area contributed by atoms with Crippen LogP contribution in [0.25, 0.3) is 0 Å². The zero-order chi connectivity index (χ0) is 9.69. The number of rotatable bonds is 2. The third-order valence-corrected chi connectivity index (χ3v) is 5.49. The van der Waals surface area contributed by atoms with Gasteiger partial charge in [-0.2, -0.15) is 0 Å². The van der Waals surface area contributed by atoms with Crippen molar-refractivity contribution in [1.82, 2.24) is 0 Å². The van der Waals surface area contributed by atoms with Gasteiger partial charge in [0.05, 0.1) is 0 Å². The number of fused-ring (bicyclic) bond motifs is 2. The molecule has 0 amide bonds. The highest BCUT2D eigenvalue weighted by atomic mass is 14.7. The summed E-state index contributed by atoms with van der Waals surface area (Å²) in [6, 6.07) is 0. The predicted molar refractivity (Wildman–Crippen MR) is 56.4 cm³/mol. The van der Waals surface area contributed by atoms with E-state index in [0.717, 1.165) is 18.4 Å². The van der Waals surface area contributed by atoms with Crippen LogP contribution < -0.4 is 5.73 Å². The molecule has 2 bridgehead atoms. The van der Waals surface area contributed by atoms with Crippen LogP contribution in [-0.2, 0) is 0 Å². The van der Waals surface area contributed by atoms with Crippen molar-refractivity contribution >= 4 is 0 Å². The minimum atomic E-state index is 0.576. The van der Waals surface area contributed by atoms with Gasteiger partial charge in [0.1, 0.15) is 0 Å². The summed E-state index contributed by atoms with van der Waals surface area (Å²) in [5, 5.41) is 0. The van der Waals surface area contributed by atoms with Gasteiger partial charge in [0.15, 0.2) is 0 Å². The van der Waals surface area contributed by atoms with E-state index < -0.39 is 0 Å². The third-order valence-electron chi connectivity index (χ3n) is 5.49. The van der Waals surface area contributed by atoms with Gasteiger partial charge in [0, 0.05) is 0 Å². The van der Waals surface area contributed by atoms with Crippen molar-refractivity contribution in [2.45, 2.75) is 46.5 Å². The fourth-order valence-electron chi connectivity index (χ4n) is 4.01. The molecule has 0 aromatic rings. The summed E-state index contributed by atoms with van der Waals surface area (Å²) in [5.41, 5.74) is 6.86. The van der Waals surface area contributed by atoms with Crippen LogP contribution in [0.15, 0.2) is 0 Å². The fraction of sp³-hybridized carbons (Fsp3) is 1.00. The number of hydrogen-bond acceptors (Lipinski definition) is 1. The minimum absolute atomic E-state index is 0.576. The van der Waals surface area contributed by atoms with Gasteiger partial charge in [-0.3, -0.25) is 0 Å². The average Bonchev–Trinajstić information content (AvgIpc) is 2.37. The molecule has 0 spiro atoms. The first-order valence-corrected chi connectivity index (χ1v) is 5.72. The summed E-state index contributed by atoms with van der Waals surface area (Å²) in [7, 11) is 0. The van der Waals surface area contributed by atoms with Crippen LogP contribution in [0.3, 0.4) is 0 Å². The molecule has 0 aliphatic heterocycles. The van der Waals surface area contributed by atoms with Gasteiger partial charge in [0.2, 0.25) is 0 Å². The monoisotopic (exact) mass is 181 g/mol. The molecule has 2 saturated carbocycles. The minimum Gasteiger partial charge on any atom is -0.330 e. The average molecular weight is 181 g/mol. The molecule has 1 heteroatoms. The molecule has 2 N–H and O–H groups in total. The summed E-state index contributed by atoms with van der Waals surface area (Å²) in [6.45, 7) is 8.33. The fourth-order valence-corrected chi connectivity index (χ4v) is 4.01. The van der Waals surface area contributed by atoms with Crippen molar-refractivity contribution < 1.29 is 0 Å². The summed E-state index contributed by atoms with van der Waals surface area (Å²) >= 11 is 0. The molecule has 2 aliphatic rings. The Morgan fingerprint density at radius 1 is 1.31 bits per heavy atom. The highest BCUT2D eigenvalue weighted by Crippen LogP contribution is 2.68. The first-order chi connectivity index (χ1) is 6.02. The number of nitrogens with two attached hydrogens (primary N) is 1. The maximum absolute atomic E-state index is 5.69. The van der Waals surface area contributed by atoms with Gasteiger partial charge >= 0.3 is 0 Å². The van der Waals surface area contributed by atoms with Crippen molar-refractivity contribution in [1.29, 1.82) is 0 Å². The van der Waals surface area contributed by atoms with Crippen LogP contribution in [0.5, 0.6) is 0 Å². The zero-order valence-electron chi connectivity index (χ0n) is 9.27. The van der Waals surface area contributed by atoms with Gasteiger partial charge in [-0.25, -0.2) is 0 Å². The van der Waals surface area contributed by atoms with E-state index >= 15 is 0 Å². The van der Waals surface area contributed by atoms with Crippen molar-refractivity contribution in [3.05, 3.63) is 0 Å². The van der Waals surface area contributed by atoms with Gasteiger partial charge in [-0.05, 0) is 54.9 Å². The smallest absolute Gasteiger partial charge is 0.00744 e. The highest BCUT2D eigenvalue weighted by Gasteiger charge is 2.60. The maximum atomic E-state index is 5.69. The second kappa shape index (κ2) is 2.73. The third kappa shape index (κ3) is 1.03. The molecule has 2 aliphatic carbocycles. The Morgan fingerprint density at radius 2 is 2.00 bits per heavy atom. The van der Waals surface area contributed by atoms with Gasteiger partial charge in [-0.15, -0.1) is 0 Å². The molecule has 1 nitrogen and oxygen atoms in total. The Labute approximate surface area is 82.1 Å². The van der Waals surface area contributed by atoms with E-state index in [1.54, 1.807) is 0 Å². The Morgan fingerprint density at radius 3 is 2.38 bits per heavy atom. The zero-order valence-corrected chi connectivity index (χ0v) is 9.27. The quantitative estimate of drug-likeness (QED) is 0.696. The first kappa shape index (κ1) is 9.51.